The van der Waals surface area contributed by atoms with Gasteiger partial charge < -0.3 is 5.32 Å². The Morgan fingerprint density at radius 3 is 2.57 bits per heavy atom. The summed E-state index contributed by atoms with van der Waals surface area (Å²) >= 11 is 2.64. The topological polar surface area (TPSA) is 42.0 Å². The van der Waals surface area contributed by atoms with E-state index in [2.05, 4.69) is 10.3 Å². The summed E-state index contributed by atoms with van der Waals surface area (Å²) in [6, 6.07) is 18.7. The molecule has 28 heavy (non-hydrogen) atoms. The van der Waals surface area contributed by atoms with Crippen molar-refractivity contribution in [1.82, 2.24) is 4.98 Å². The van der Waals surface area contributed by atoms with Crippen LogP contribution >= 0.6 is 23.1 Å². The number of para-hydroxylation sites is 1. The van der Waals surface area contributed by atoms with Crippen LogP contribution in [-0.2, 0) is 4.79 Å². The van der Waals surface area contributed by atoms with Crippen molar-refractivity contribution in [3.8, 4) is 10.6 Å². The second kappa shape index (κ2) is 8.08. The van der Waals surface area contributed by atoms with Crippen LogP contribution in [0.4, 0.5) is 14.5 Å². The predicted molar refractivity (Wildman–Crippen MR) is 111 cm³/mol. The van der Waals surface area contributed by atoms with Crippen LogP contribution < -0.4 is 5.32 Å². The first kappa shape index (κ1) is 18.6. The Balaban J connectivity index is 1.39. The second-order valence-electron chi connectivity index (χ2n) is 5.98. The van der Waals surface area contributed by atoms with E-state index < -0.39 is 11.6 Å². The van der Waals surface area contributed by atoms with E-state index >= 15 is 0 Å². The summed E-state index contributed by atoms with van der Waals surface area (Å²) in [6.07, 6.45) is 0. The lowest BCUT2D eigenvalue weighted by molar-refractivity contribution is -0.113. The van der Waals surface area contributed by atoms with Crippen LogP contribution in [0.15, 0.2) is 71.6 Å². The predicted octanol–water partition coefficient (Wildman–Crippen LogP) is 5.97. The van der Waals surface area contributed by atoms with Crippen LogP contribution in [0.25, 0.3) is 20.8 Å². The molecule has 7 heteroatoms. The fourth-order valence-corrected chi connectivity index (χ4v) is 4.32. The molecule has 0 saturated heterocycles. The van der Waals surface area contributed by atoms with Gasteiger partial charge in [0.05, 0.1) is 16.0 Å². The molecule has 0 aliphatic rings. The third kappa shape index (κ3) is 4.21. The molecular weight excluding hydrogens is 398 g/mol. The number of thiazole rings is 1. The van der Waals surface area contributed by atoms with Crippen molar-refractivity contribution in [2.45, 2.75) is 4.90 Å². The fraction of sp³-hybridized carbons (Fsp3) is 0.0476. The number of halogens is 2. The van der Waals surface area contributed by atoms with Gasteiger partial charge >= 0.3 is 0 Å². The van der Waals surface area contributed by atoms with Crippen molar-refractivity contribution >= 4 is 44.9 Å². The minimum atomic E-state index is -0.669. The van der Waals surface area contributed by atoms with Gasteiger partial charge in [0, 0.05) is 22.2 Å². The minimum Gasteiger partial charge on any atom is -0.325 e. The molecule has 0 spiro atoms. The fourth-order valence-electron chi connectivity index (χ4n) is 2.62. The summed E-state index contributed by atoms with van der Waals surface area (Å²) in [6.45, 7) is 0. The van der Waals surface area contributed by atoms with E-state index in [1.54, 1.807) is 11.3 Å². The molecule has 0 aliphatic heterocycles. The van der Waals surface area contributed by atoms with Crippen molar-refractivity contribution in [3.05, 3.63) is 78.4 Å². The lowest BCUT2D eigenvalue weighted by atomic mass is 10.2. The van der Waals surface area contributed by atoms with E-state index in [4.69, 9.17) is 0 Å². The number of anilines is 1. The van der Waals surface area contributed by atoms with Crippen molar-refractivity contribution in [2.24, 2.45) is 0 Å². The van der Waals surface area contributed by atoms with Crippen LogP contribution in [0.1, 0.15) is 0 Å². The van der Waals surface area contributed by atoms with Crippen molar-refractivity contribution < 1.29 is 13.6 Å². The van der Waals surface area contributed by atoms with Gasteiger partial charge in [-0.15, -0.1) is 23.1 Å². The molecule has 0 saturated carbocycles. The number of aromatic nitrogens is 1. The molecule has 3 nitrogen and oxygen atoms in total. The largest absolute Gasteiger partial charge is 0.325 e. The van der Waals surface area contributed by atoms with Crippen LogP contribution in [0.2, 0.25) is 0 Å². The van der Waals surface area contributed by atoms with E-state index in [0.717, 1.165) is 38.6 Å². The van der Waals surface area contributed by atoms with Gasteiger partial charge in [0.1, 0.15) is 16.6 Å². The average Bonchev–Trinajstić information content (AvgIpc) is 3.12. The highest BCUT2D eigenvalue weighted by Gasteiger charge is 2.09. The Morgan fingerprint density at radius 2 is 1.82 bits per heavy atom. The molecule has 0 bridgehead atoms. The monoisotopic (exact) mass is 412 g/mol. The number of nitrogens with zero attached hydrogens (tertiary/aromatic N) is 1. The Morgan fingerprint density at radius 1 is 1.04 bits per heavy atom. The van der Waals surface area contributed by atoms with Crippen molar-refractivity contribution in [1.29, 1.82) is 0 Å². The van der Waals surface area contributed by atoms with E-state index in [0.29, 0.717) is 5.69 Å². The summed E-state index contributed by atoms with van der Waals surface area (Å²) in [4.78, 5) is 17.0. The van der Waals surface area contributed by atoms with Gasteiger partial charge in [0.2, 0.25) is 5.91 Å². The zero-order valence-corrected chi connectivity index (χ0v) is 16.1. The number of benzene rings is 3. The number of hydrogen-bond acceptors (Lipinski definition) is 4. The number of fused-ring (bicyclic) bond motifs is 1. The maximum Gasteiger partial charge on any atom is 0.234 e. The Labute approximate surface area is 168 Å². The highest BCUT2D eigenvalue weighted by molar-refractivity contribution is 8.00. The molecular formula is C21H14F2N2OS2. The van der Waals surface area contributed by atoms with E-state index in [9.17, 15) is 13.6 Å². The third-order valence-corrected chi connectivity index (χ3v) is 6.10. The molecule has 4 rings (SSSR count). The number of hydrogen-bond donors (Lipinski definition) is 1. The second-order valence-corrected chi connectivity index (χ2v) is 8.02. The number of nitrogens with one attached hydrogen (secondary N) is 1. The lowest BCUT2D eigenvalue weighted by Crippen LogP contribution is -2.14. The smallest absolute Gasteiger partial charge is 0.234 e. The van der Waals surface area contributed by atoms with Crippen molar-refractivity contribution in [3.63, 3.8) is 0 Å². The first-order valence-electron chi connectivity index (χ1n) is 8.42. The highest BCUT2D eigenvalue weighted by atomic mass is 32.2. The lowest BCUT2D eigenvalue weighted by Gasteiger charge is -2.06. The van der Waals surface area contributed by atoms with Gasteiger partial charge in [0.25, 0.3) is 0 Å². The first-order valence-corrected chi connectivity index (χ1v) is 10.2. The zero-order valence-electron chi connectivity index (χ0n) is 14.5. The maximum atomic E-state index is 13.6. The SMILES string of the molecule is O=C(CSc1ccc(F)cc1F)Nc1ccc(-c2nc3ccccc3s2)cc1. The molecule has 1 N–H and O–H groups in total. The van der Waals surface area contributed by atoms with Gasteiger partial charge in [-0.25, -0.2) is 13.8 Å². The Kier molecular flexibility index (Phi) is 5.36. The molecule has 3 aromatic carbocycles. The molecule has 4 aromatic rings. The summed E-state index contributed by atoms with van der Waals surface area (Å²) in [5.41, 5.74) is 2.59. The summed E-state index contributed by atoms with van der Waals surface area (Å²) in [7, 11) is 0. The van der Waals surface area contributed by atoms with Gasteiger partial charge in [-0.2, -0.15) is 0 Å². The zero-order chi connectivity index (χ0) is 19.5. The first-order chi connectivity index (χ1) is 13.6. The molecule has 1 amide bonds. The summed E-state index contributed by atoms with van der Waals surface area (Å²) in [5, 5.41) is 3.69. The van der Waals surface area contributed by atoms with Gasteiger partial charge in [-0.1, -0.05) is 12.1 Å². The number of thioether (sulfide) groups is 1. The van der Waals surface area contributed by atoms with E-state index in [1.165, 1.54) is 12.1 Å². The van der Waals surface area contributed by atoms with Crippen LogP contribution in [-0.4, -0.2) is 16.6 Å². The maximum absolute atomic E-state index is 13.6. The minimum absolute atomic E-state index is 0.0299. The molecule has 0 aliphatic carbocycles. The quantitative estimate of drug-likeness (QED) is 0.411. The molecule has 140 valence electrons. The van der Waals surface area contributed by atoms with Gasteiger partial charge in [-0.3, -0.25) is 4.79 Å². The van der Waals surface area contributed by atoms with Gasteiger partial charge in [0.15, 0.2) is 0 Å². The molecule has 0 unspecified atom stereocenters. The molecule has 0 fully saturated rings. The average molecular weight is 412 g/mol. The molecule has 1 heterocycles. The highest BCUT2D eigenvalue weighted by Crippen LogP contribution is 2.30. The number of carbonyl (C=O) groups is 1. The molecule has 0 radical (unpaired) electrons. The molecule has 0 atom stereocenters. The standard InChI is InChI=1S/C21H14F2N2OS2/c22-14-7-10-18(16(23)11-14)27-12-20(26)24-15-8-5-13(6-9-15)21-25-17-3-1-2-4-19(17)28-21/h1-11H,12H2,(H,24,26). The van der Waals surface area contributed by atoms with E-state index in [1.807, 2.05) is 48.5 Å². The number of amides is 1. The summed E-state index contributed by atoms with van der Waals surface area (Å²) in [5.74, 6) is -1.54. The van der Waals surface area contributed by atoms with Crippen LogP contribution in [0.3, 0.4) is 0 Å². The number of carbonyl (C=O) groups excluding carboxylic acids is 1. The molecule has 1 aromatic heterocycles. The van der Waals surface area contributed by atoms with Crippen LogP contribution in [0.5, 0.6) is 0 Å². The normalized spacial score (nSPS) is 10.9. The third-order valence-electron chi connectivity index (χ3n) is 3.96. The van der Waals surface area contributed by atoms with E-state index in [-0.39, 0.29) is 16.6 Å². The Bertz CT molecular complexity index is 1110. The van der Waals surface area contributed by atoms with Gasteiger partial charge in [-0.05, 0) is 48.5 Å². The van der Waals surface area contributed by atoms with Crippen LogP contribution in [0, 0.1) is 11.6 Å². The van der Waals surface area contributed by atoms with Crippen molar-refractivity contribution in [2.75, 3.05) is 11.1 Å². The number of rotatable bonds is 5. The summed E-state index contributed by atoms with van der Waals surface area (Å²) < 4.78 is 27.7. The Hall–Kier alpha value is -2.77.